The number of para-hydroxylation sites is 1. The van der Waals surface area contributed by atoms with Crippen LogP contribution >= 0.6 is 0 Å². The smallest absolute Gasteiger partial charge is 0.250 e. The summed E-state index contributed by atoms with van der Waals surface area (Å²) >= 11 is 0. The number of nitrogens with zero attached hydrogens (tertiary/aromatic N) is 1. The second-order valence-corrected chi connectivity index (χ2v) is 5.62. The molecule has 0 aliphatic rings. The van der Waals surface area contributed by atoms with Crippen LogP contribution in [0.15, 0.2) is 54.6 Å². The molecule has 0 spiro atoms. The van der Waals surface area contributed by atoms with Crippen molar-refractivity contribution in [2.45, 2.75) is 6.61 Å². The molecule has 6 nitrogen and oxygen atoms in total. The zero-order valence-electron chi connectivity index (χ0n) is 14.3. The number of hydrogen-bond acceptors (Lipinski definition) is 4. The number of nitrogens with two attached hydrogens (primary N) is 1. The lowest BCUT2D eigenvalue weighted by atomic mass is 10.1. The first-order chi connectivity index (χ1) is 12.1. The fourth-order valence-electron chi connectivity index (χ4n) is 2.25. The van der Waals surface area contributed by atoms with E-state index in [9.17, 15) is 9.59 Å². The lowest BCUT2D eigenvalue weighted by Crippen LogP contribution is -2.35. The van der Waals surface area contributed by atoms with Gasteiger partial charge in [-0.1, -0.05) is 42.5 Å². The zero-order chi connectivity index (χ0) is 18.1. The van der Waals surface area contributed by atoms with Crippen molar-refractivity contribution in [3.8, 4) is 0 Å². The topological polar surface area (TPSA) is 84.7 Å². The lowest BCUT2D eigenvalue weighted by Gasteiger charge is -2.18. The van der Waals surface area contributed by atoms with Gasteiger partial charge in [0.2, 0.25) is 5.91 Å². The Morgan fingerprint density at radius 3 is 2.48 bits per heavy atom. The summed E-state index contributed by atoms with van der Waals surface area (Å²) in [5, 5.41) is 2.96. The van der Waals surface area contributed by atoms with Crippen molar-refractivity contribution < 1.29 is 14.3 Å². The van der Waals surface area contributed by atoms with E-state index in [1.54, 1.807) is 36.2 Å². The molecular formula is C19H23N3O3. The molecule has 0 fully saturated rings. The van der Waals surface area contributed by atoms with Gasteiger partial charge in [0.25, 0.3) is 5.91 Å². The van der Waals surface area contributed by atoms with Crippen molar-refractivity contribution in [3.05, 3.63) is 65.7 Å². The third-order valence-corrected chi connectivity index (χ3v) is 3.73. The number of primary amides is 1. The summed E-state index contributed by atoms with van der Waals surface area (Å²) in [6.45, 7) is 1.55. The molecule has 0 saturated heterocycles. The first-order valence-electron chi connectivity index (χ1n) is 8.06. The Bertz CT molecular complexity index is 704. The van der Waals surface area contributed by atoms with E-state index in [0.29, 0.717) is 31.0 Å². The van der Waals surface area contributed by atoms with Crippen molar-refractivity contribution in [3.63, 3.8) is 0 Å². The SMILES string of the molecule is CN(CCOCc1ccccc1)C(=O)CNc1ccccc1C(N)=O. The molecule has 0 aromatic heterocycles. The van der Waals surface area contributed by atoms with E-state index in [1.807, 2.05) is 30.3 Å². The number of benzene rings is 2. The Morgan fingerprint density at radius 2 is 1.76 bits per heavy atom. The van der Waals surface area contributed by atoms with Crippen molar-refractivity contribution in [1.29, 1.82) is 0 Å². The summed E-state index contributed by atoms with van der Waals surface area (Å²) in [6.07, 6.45) is 0. The van der Waals surface area contributed by atoms with Crippen LogP contribution in [0.2, 0.25) is 0 Å². The van der Waals surface area contributed by atoms with Gasteiger partial charge in [0.05, 0.1) is 25.3 Å². The van der Waals surface area contributed by atoms with Gasteiger partial charge in [0.1, 0.15) is 0 Å². The van der Waals surface area contributed by atoms with Crippen molar-refractivity contribution in [2.75, 3.05) is 32.1 Å². The van der Waals surface area contributed by atoms with Crippen LogP contribution in [0.25, 0.3) is 0 Å². The van der Waals surface area contributed by atoms with Gasteiger partial charge in [-0.25, -0.2) is 0 Å². The van der Waals surface area contributed by atoms with Crippen LogP contribution in [0.5, 0.6) is 0 Å². The number of hydrogen-bond donors (Lipinski definition) is 2. The van der Waals surface area contributed by atoms with E-state index >= 15 is 0 Å². The maximum Gasteiger partial charge on any atom is 0.250 e. The molecular weight excluding hydrogens is 318 g/mol. The standard InChI is InChI=1S/C19H23N3O3/c1-22(11-12-25-14-15-7-3-2-4-8-15)18(23)13-21-17-10-6-5-9-16(17)19(20)24/h2-10,21H,11-14H2,1H3,(H2,20,24). The molecule has 0 aliphatic heterocycles. The molecule has 6 heteroatoms. The fourth-order valence-corrected chi connectivity index (χ4v) is 2.25. The predicted octanol–water partition coefficient (Wildman–Crippen LogP) is 1.87. The highest BCUT2D eigenvalue weighted by Crippen LogP contribution is 2.13. The maximum absolute atomic E-state index is 12.2. The van der Waals surface area contributed by atoms with Crippen molar-refractivity contribution in [1.82, 2.24) is 4.90 Å². The number of carbonyl (C=O) groups excluding carboxylic acids is 2. The number of amides is 2. The minimum atomic E-state index is -0.529. The largest absolute Gasteiger partial charge is 0.376 e. The van der Waals surface area contributed by atoms with E-state index < -0.39 is 5.91 Å². The van der Waals surface area contributed by atoms with Crippen LogP contribution in [0.3, 0.4) is 0 Å². The van der Waals surface area contributed by atoms with Gasteiger partial charge in [-0.15, -0.1) is 0 Å². The molecule has 0 unspecified atom stereocenters. The number of likely N-dealkylation sites (N-methyl/N-ethyl adjacent to an activating group) is 1. The molecule has 25 heavy (non-hydrogen) atoms. The lowest BCUT2D eigenvalue weighted by molar-refractivity contribution is -0.128. The third-order valence-electron chi connectivity index (χ3n) is 3.73. The molecule has 3 N–H and O–H groups in total. The Hall–Kier alpha value is -2.86. The third kappa shape index (κ3) is 5.93. The van der Waals surface area contributed by atoms with E-state index in [-0.39, 0.29) is 12.5 Å². The van der Waals surface area contributed by atoms with E-state index in [2.05, 4.69) is 5.32 Å². The summed E-state index contributed by atoms with van der Waals surface area (Å²) in [4.78, 5) is 25.1. The van der Waals surface area contributed by atoms with E-state index in [4.69, 9.17) is 10.5 Å². The first-order valence-corrected chi connectivity index (χ1v) is 8.06. The normalized spacial score (nSPS) is 10.3. The summed E-state index contributed by atoms with van der Waals surface area (Å²) in [5.41, 5.74) is 7.34. The molecule has 2 aromatic carbocycles. The highest BCUT2D eigenvalue weighted by molar-refractivity contribution is 5.98. The van der Waals surface area contributed by atoms with Gasteiger partial charge in [0, 0.05) is 19.3 Å². The second-order valence-electron chi connectivity index (χ2n) is 5.62. The van der Waals surface area contributed by atoms with Crippen molar-refractivity contribution >= 4 is 17.5 Å². The minimum Gasteiger partial charge on any atom is -0.376 e. The first kappa shape index (κ1) is 18.5. The molecule has 0 radical (unpaired) electrons. The molecule has 0 heterocycles. The predicted molar refractivity (Wildman–Crippen MR) is 97.2 cm³/mol. The van der Waals surface area contributed by atoms with Crippen molar-refractivity contribution in [2.24, 2.45) is 5.73 Å². The van der Waals surface area contributed by atoms with Gasteiger partial charge < -0.3 is 20.7 Å². The molecule has 2 amide bonds. The monoisotopic (exact) mass is 341 g/mol. The van der Waals surface area contributed by atoms with Crippen LogP contribution in [0.4, 0.5) is 5.69 Å². The van der Waals surface area contributed by atoms with Gasteiger partial charge in [-0.2, -0.15) is 0 Å². The quantitative estimate of drug-likeness (QED) is 0.682. The van der Waals surface area contributed by atoms with Crippen LogP contribution in [-0.4, -0.2) is 43.5 Å². The summed E-state index contributed by atoms with van der Waals surface area (Å²) in [7, 11) is 1.72. The average molecular weight is 341 g/mol. The van der Waals surface area contributed by atoms with E-state index in [0.717, 1.165) is 5.56 Å². The van der Waals surface area contributed by atoms with Gasteiger partial charge in [-0.05, 0) is 17.7 Å². The summed E-state index contributed by atoms with van der Waals surface area (Å²) in [5.74, 6) is -0.624. The number of rotatable bonds is 9. The van der Waals surface area contributed by atoms with Crippen LogP contribution in [0.1, 0.15) is 15.9 Å². The number of carbonyl (C=O) groups is 2. The van der Waals surface area contributed by atoms with Gasteiger partial charge in [-0.3, -0.25) is 9.59 Å². The van der Waals surface area contributed by atoms with Gasteiger partial charge in [0.15, 0.2) is 0 Å². The summed E-state index contributed by atoms with van der Waals surface area (Å²) in [6, 6.07) is 16.7. The molecule has 0 saturated carbocycles. The molecule has 2 rings (SSSR count). The number of ether oxygens (including phenoxy) is 1. The molecule has 132 valence electrons. The second kappa shape index (κ2) is 9.44. The Balaban J connectivity index is 1.72. The highest BCUT2D eigenvalue weighted by Gasteiger charge is 2.11. The average Bonchev–Trinajstić information content (AvgIpc) is 2.64. The van der Waals surface area contributed by atoms with E-state index in [1.165, 1.54) is 0 Å². The molecule has 0 bridgehead atoms. The molecule has 0 aliphatic carbocycles. The summed E-state index contributed by atoms with van der Waals surface area (Å²) < 4.78 is 5.58. The molecule has 0 atom stereocenters. The maximum atomic E-state index is 12.2. The Labute approximate surface area is 147 Å². The number of anilines is 1. The highest BCUT2D eigenvalue weighted by atomic mass is 16.5. The van der Waals surface area contributed by atoms with Crippen LogP contribution < -0.4 is 11.1 Å². The number of nitrogens with one attached hydrogen (secondary N) is 1. The van der Waals surface area contributed by atoms with Crippen LogP contribution in [-0.2, 0) is 16.1 Å². The van der Waals surface area contributed by atoms with Crippen LogP contribution in [0, 0.1) is 0 Å². The minimum absolute atomic E-state index is 0.0828. The Kier molecular flexibility index (Phi) is 6.98. The van der Waals surface area contributed by atoms with Gasteiger partial charge >= 0.3 is 0 Å². The fraction of sp³-hybridized carbons (Fsp3) is 0.263. The zero-order valence-corrected chi connectivity index (χ0v) is 14.3. The molecule has 2 aromatic rings. The Morgan fingerprint density at radius 1 is 1.08 bits per heavy atom.